The minimum Gasteiger partial charge on any atom is -0.459 e. The molecule has 29 heavy (non-hydrogen) atoms. The number of rotatable bonds is 7. The van der Waals surface area contributed by atoms with Crippen molar-refractivity contribution in [2.75, 3.05) is 0 Å². The fourth-order valence-electron chi connectivity index (χ4n) is 2.74. The van der Waals surface area contributed by atoms with Gasteiger partial charge in [-0.3, -0.25) is 4.79 Å². The van der Waals surface area contributed by atoms with Crippen LogP contribution in [0, 0.1) is 19.7 Å². The number of benzene rings is 1. The topological polar surface area (TPSA) is 97.5 Å². The first kappa shape index (κ1) is 22.1. The number of carbonyl (C=O) groups excluding carboxylic acids is 3. The molecule has 0 aliphatic rings. The first-order valence-electron chi connectivity index (χ1n) is 9.23. The van der Waals surface area contributed by atoms with E-state index in [4.69, 9.17) is 9.47 Å². The van der Waals surface area contributed by atoms with Crippen LogP contribution in [-0.2, 0) is 20.8 Å². The molecule has 2 N–H and O–H groups in total. The monoisotopic (exact) mass is 404 g/mol. The zero-order valence-corrected chi connectivity index (χ0v) is 17.1. The van der Waals surface area contributed by atoms with Crippen LogP contribution in [0.25, 0.3) is 0 Å². The van der Waals surface area contributed by atoms with Crippen LogP contribution in [0.1, 0.15) is 58.4 Å². The van der Waals surface area contributed by atoms with Gasteiger partial charge in [-0.15, -0.1) is 0 Å². The molecule has 0 aliphatic heterocycles. The Balaban J connectivity index is 2.00. The van der Waals surface area contributed by atoms with E-state index in [9.17, 15) is 18.8 Å². The third kappa shape index (κ3) is 5.66. The lowest BCUT2D eigenvalue weighted by atomic mass is 10.1. The Bertz CT molecular complexity index is 903. The number of amides is 1. The van der Waals surface area contributed by atoms with E-state index in [2.05, 4.69) is 10.3 Å². The maximum absolute atomic E-state index is 12.9. The van der Waals surface area contributed by atoms with Crippen molar-refractivity contribution in [3.8, 4) is 0 Å². The number of ether oxygens (including phenoxy) is 2. The molecular formula is C21H25FN2O5. The molecule has 1 heterocycles. The first-order valence-corrected chi connectivity index (χ1v) is 9.23. The molecule has 1 atom stereocenters. The Kier molecular flexibility index (Phi) is 7.14. The SMILES string of the molecule is Cc1[nH]c(C(=O)O[C@H](C)C(=O)NCc2ccc(F)cc2)c(C)c1C(=O)OC(C)C. The predicted octanol–water partition coefficient (Wildman–Crippen LogP) is 3.20. The van der Waals surface area contributed by atoms with Gasteiger partial charge < -0.3 is 19.8 Å². The van der Waals surface area contributed by atoms with Gasteiger partial charge in [0, 0.05) is 12.2 Å². The second-order valence-corrected chi connectivity index (χ2v) is 6.97. The van der Waals surface area contributed by atoms with Crippen molar-refractivity contribution in [1.29, 1.82) is 0 Å². The van der Waals surface area contributed by atoms with E-state index < -0.39 is 23.9 Å². The van der Waals surface area contributed by atoms with Crippen molar-refractivity contribution in [2.24, 2.45) is 0 Å². The fourth-order valence-corrected chi connectivity index (χ4v) is 2.74. The third-order valence-corrected chi connectivity index (χ3v) is 4.22. The highest BCUT2D eigenvalue weighted by Gasteiger charge is 2.26. The zero-order valence-electron chi connectivity index (χ0n) is 17.1. The summed E-state index contributed by atoms with van der Waals surface area (Å²) in [6, 6.07) is 5.69. The quantitative estimate of drug-likeness (QED) is 0.691. The summed E-state index contributed by atoms with van der Waals surface area (Å²) in [7, 11) is 0. The summed E-state index contributed by atoms with van der Waals surface area (Å²) in [6.07, 6.45) is -1.35. The fraction of sp³-hybridized carbons (Fsp3) is 0.381. The van der Waals surface area contributed by atoms with Crippen LogP contribution >= 0.6 is 0 Å². The van der Waals surface area contributed by atoms with Crippen molar-refractivity contribution < 1.29 is 28.2 Å². The minimum absolute atomic E-state index is 0.0939. The number of aromatic nitrogens is 1. The molecule has 0 spiro atoms. The highest BCUT2D eigenvalue weighted by Crippen LogP contribution is 2.21. The molecule has 1 aromatic heterocycles. The third-order valence-electron chi connectivity index (χ3n) is 4.22. The number of aromatic amines is 1. The first-order chi connectivity index (χ1) is 13.6. The Morgan fingerprint density at radius 1 is 1.03 bits per heavy atom. The largest absolute Gasteiger partial charge is 0.459 e. The molecule has 0 aliphatic carbocycles. The van der Waals surface area contributed by atoms with E-state index in [1.807, 2.05) is 0 Å². The van der Waals surface area contributed by atoms with Crippen LogP contribution in [-0.4, -0.2) is 35.0 Å². The molecule has 0 unspecified atom stereocenters. The summed E-state index contributed by atoms with van der Waals surface area (Å²) in [5.74, 6) is -2.15. The molecular weight excluding hydrogens is 379 g/mol. The number of esters is 2. The Hall–Kier alpha value is -3.16. The minimum atomic E-state index is -1.06. The maximum atomic E-state index is 12.9. The van der Waals surface area contributed by atoms with E-state index >= 15 is 0 Å². The van der Waals surface area contributed by atoms with Crippen molar-refractivity contribution in [1.82, 2.24) is 10.3 Å². The molecule has 0 radical (unpaired) electrons. The van der Waals surface area contributed by atoms with Gasteiger partial charge in [0.15, 0.2) is 6.10 Å². The molecule has 2 aromatic rings. The summed E-state index contributed by atoms with van der Waals surface area (Å²) in [5, 5.41) is 2.62. The summed E-state index contributed by atoms with van der Waals surface area (Å²) in [6.45, 7) is 8.34. The Morgan fingerprint density at radius 2 is 1.66 bits per heavy atom. The van der Waals surface area contributed by atoms with Crippen molar-refractivity contribution in [3.05, 3.63) is 58.2 Å². The number of halogens is 1. The summed E-state index contributed by atoms with van der Waals surface area (Å²) in [4.78, 5) is 39.7. The van der Waals surface area contributed by atoms with E-state index in [1.165, 1.54) is 19.1 Å². The van der Waals surface area contributed by atoms with Gasteiger partial charge >= 0.3 is 11.9 Å². The molecule has 0 saturated heterocycles. The molecule has 1 aromatic carbocycles. The number of hydrogen-bond acceptors (Lipinski definition) is 5. The van der Waals surface area contributed by atoms with Gasteiger partial charge in [-0.1, -0.05) is 12.1 Å². The maximum Gasteiger partial charge on any atom is 0.355 e. The van der Waals surface area contributed by atoms with Gasteiger partial charge in [0.25, 0.3) is 5.91 Å². The molecule has 156 valence electrons. The summed E-state index contributed by atoms with van der Waals surface area (Å²) < 4.78 is 23.3. The molecule has 0 bridgehead atoms. The van der Waals surface area contributed by atoms with Gasteiger partial charge in [0.1, 0.15) is 11.5 Å². The highest BCUT2D eigenvalue weighted by molar-refractivity contribution is 5.99. The number of nitrogens with one attached hydrogen (secondary N) is 2. The van der Waals surface area contributed by atoms with Crippen LogP contribution in [0.3, 0.4) is 0 Å². The van der Waals surface area contributed by atoms with Crippen LogP contribution in [0.5, 0.6) is 0 Å². The van der Waals surface area contributed by atoms with Gasteiger partial charge in [-0.25, -0.2) is 14.0 Å². The Labute approximate surface area is 168 Å². The average Bonchev–Trinajstić information content (AvgIpc) is 2.94. The van der Waals surface area contributed by atoms with Gasteiger partial charge in [0.05, 0.1) is 11.7 Å². The van der Waals surface area contributed by atoms with Crippen molar-refractivity contribution in [3.63, 3.8) is 0 Å². The smallest absolute Gasteiger partial charge is 0.355 e. The van der Waals surface area contributed by atoms with Gasteiger partial charge in [-0.05, 0) is 57.9 Å². The summed E-state index contributed by atoms with van der Waals surface area (Å²) >= 11 is 0. The van der Waals surface area contributed by atoms with E-state index in [0.29, 0.717) is 16.8 Å². The standard InChI is InChI=1S/C21H25FN2O5/c1-11(2)28-20(26)17-12(3)18(24-13(17)4)21(27)29-14(5)19(25)23-10-15-6-8-16(22)9-7-15/h6-9,11,14,24H,10H2,1-5H3,(H,23,25)/t14-/m1/s1. The molecule has 0 fully saturated rings. The van der Waals surface area contributed by atoms with Crippen molar-refractivity contribution in [2.45, 2.75) is 53.4 Å². The normalized spacial score (nSPS) is 11.8. The molecule has 7 nitrogen and oxygen atoms in total. The second-order valence-electron chi connectivity index (χ2n) is 6.97. The highest BCUT2D eigenvalue weighted by atomic mass is 19.1. The number of carbonyl (C=O) groups is 3. The van der Waals surface area contributed by atoms with Gasteiger partial charge in [-0.2, -0.15) is 0 Å². The zero-order chi connectivity index (χ0) is 21.7. The van der Waals surface area contributed by atoms with Crippen LogP contribution in [0.2, 0.25) is 0 Å². The average molecular weight is 404 g/mol. The molecule has 1 amide bonds. The molecule has 8 heteroatoms. The number of aryl methyl sites for hydroxylation is 1. The Morgan fingerprint density at radius 3 is 2.24 bits per heavy atom. The summed E-state index contributed by atoms with van der Waals surface area (Å²) in [5.41, 5.74) is 1.96. The van der Waals surface area contributed by atoms with Gasteiger partial charge in [0.2, 0.25) is 0 Å². The number of H-pyrrole nitrogens is 1. The van der Waals surface area contributed by atoms with E-state index in [1.54, 1.807) is 39.8 Å². The predicted molar refractivity (Wildman–Crippen MR) is 104 cm³/mol. The van der Waals surface area contributed by atoms with E-state index in [0.717, 1.165) is 0 Å². The number of hydrogen-bond donors (Lipinski definition) is 2. The van der Waals surface area contributed by atoms with Crippen LogP contribution in [0.15, 0.2) is 24.3 Å². The lowest BCUT2D eigenvalue weighted by molar-refractivity contribution is -0.129. The van der Waals surface area contributed by atoms with Crippen molar-refractivity contribution >= 4 is 17.8 Å². The van der Waals surface area contributed by atoms with Crippen LogP contribution in [0.4, 0.5) is 4.39 Å². The second kappa shape index (κ2) is 9.36. The van der Waals surface area contributed by atoms with E-state index in [-0.39, 0.29) is 29.7 Å². The lowest BCUT2D eigenvalue weighted by Crippen LogP contribution is -2.35. The lowest BCUT2D eigenvalue weighted by Gasteiger charge is -2.13. The molecule has 2 rings (SSSR count). The van der Waals surface area contributed by atoms with Crippen LogP contribution < -0.4 is 5.32 Å². The molecule has 0 saturated carbocycles.